The standard InChI is InChI=1S/C27H26N2O3.ClH/c1-4-7-22-19-15-26(31-3)25(30-2)14-18(19)21(27(28)29-22)13-16-10-11-24-20(12-16)17-8-5-6-9-23(17)32-24;/h5-6,8-12,14-15H,4,7,13H2,1-3H3,(H2,28,29);1H. The summed E-state index contributed by atoms with van der Waals surface area (Å²) in [5.41, 5.74) is 11.4. The minimum Gasteiger partial charge on any atom is -0.493 e. The van der Waals surface area contributed by atoms with Gasteiger partial charge < -0.3 is 19.6 Å². The molecule has 33 heavy (non-hydrogen) atoms. The Morgan fingerprint density at radius 2 is 1.55 bits per heavy atom. The summed E-state index contributed by atoms with van der Waals surface area (Å²) < 4.78 is 17.1. The van der Waals surface area contributed by atoms with Crippen LogP contribution in [0.25, 0.3) is 32.7 Å². The van der Waals surface area contributed by atoms with E-state index < -0.39 is 0 Å². The average molecular weight is 463 g/mol. The summed E-state index contributed by atoms with van der Waals surface area (Å²) in [7, 11) is 3.30. The number of halogens is 1. The zero-order valence-electron chi connectivity index (χ0n) is 19.0. The second-order valence-electron chi connectivity index (χ2n) is 8.03. The topological polar surface area (TPSA) is 70.5 Å². The van der Waals surface area contributed by atoms with Gasteiger partial charge in [-0.15, -0.1) is 12.4 Å². The molecule has 0 spiro atoms. The zero-order chi connectivity index (χ0) is 22.2. The minimum absolute atomic E-state index is 0. The molecule has 5 aromatic rings. The van der Waals surface area contributed by atoms with Gasteiger partial charge in [-0.05, 0) is 47.7 Å². The molecule has 0 aliphatic carbocycles. The summed E-state index contributed by atoms with van der Waals surface area (Å²) in [6, 6.07) is 18.5. The van der Waals surface area contributed by atoms with Crippen LogP contribution >= 0.6 is 12.4 Å². The molecule has 0 amide bonds. The fourth-order valence-electron chi connectivity index (χ4n) is 4.48. The number of fused-ring (bicyclic) bond motifs is 4. The first-order valence-electron chi connectivity index (χ1n) is 10.9. The van der Waals surface area contributed by atoms with E-state index in [9.17, 15) is 0 Å². The number of nitrogens with two attached hydrogens (primary N) is 1. The smallest absolute Gasteiger partial charge is 0.161 e. The Bertz CT molecular complexity index is 1460. The van der Waals surface area contributed by atoms with Gasteiger partial charge in [0.1, 0.15) is 17.0 Å². The number of hydrogen-bond acceptors (Lipinski definition) is 5. The number of nitrogens with zero attached hydrogens (tertiary/aromatic N) is 1. The highest BCUT2D eigenvalue weighted by atomic mass is 35.5. The van der Waals surface area contributed by atoms with Crippen LogP contribution in [0.5, 0.6) is 11.5 Å². The number of aromatic nitrogens is 1. The predicted molar refractivity (Wildman–Crippen MR) is 137 cm³/mol. The van der Waals surface area contributed by atoms with Gasteiger partial charge in [-0.25, -0.2) is 4.98 Å². The van der Waals surface area contributed by atoms with Crippen molar-refractivity contribution in [1.29, 1.82) is 0 Å². The number of benzene rings is 3. The van der Waals surface area contributed by atoms with E-state index in [0.717, 1.165) is 62.4 Å². The first kappa shape index (κ1) is 22.7. The van der Waals surface area contributed by atoms with Gasteiger partial charge in [-0.1, -0.05) is 37.6 Å². The Balaban J connectivity index is 0.00000259. The molecule has 0 aliphatic heterocycles. The van der Waals surface area contributed by atoms with Gasteiger partial charge in [0.25, 0.3) is 0 Å². The lowest BCUT2D eigenvalue weighted by atomic mass is 9.96. The lowest BCUT2D eigenvalue weighted by Gasteiger charge is -2.16. The van der Waals surface area contributed by atoms with Crippen molar-refractivity contribution in [2.45, 2.75) is 26.2 Å². The number of para-hydroxylation sites is 1. The Kier molecular flexibility index (Phi) is 6.34. The van der Waals surface area contributed by atoms with Crippen molar-refractivity contribution < 1.29 is 13.9 Å². The molecule has 0 bridgehead atoms. The van der Waals surface area contributed by atoms with Crippen molar-refractivity contribution >= 4 is 50.9 Å². The Labute approximate surface area is 198 Å². The van der Waals surface area contributed by atoms with Gasteiger partial charge in [0.2, 0.25) is 0 Å². The molecule has 0 aliphatic rings. The highest BCUT2D eigenvalue weighted by Crippen LogP contribution is 2.38. The van der Waals surface area contributed by atoms with Crippen molar-refractivity contribution in [1.82, 2.24) is 4.98 Å². The number of anilines is 1. The Hall–Kier alpha value is -3.44. The number of ether oxygens (including phenoxy) is 2. The maximum Gasteiger partial charge on any atom is 0.161 e. The maximum absolute atomic E-state index is 6.51. The molecule has 0 unspecified atom stereocenters. The molecule has 3 aromatic carbocycles. The van der Waals surface area contributed by atoms with Crippen LogP contribution in [0.1, 0.15) is 30.2 Å². The van der Waals surface area contributed by atoms with Crippen molar-refractivity contribution in [3.05, 3.63) is 71.4 Å². The largest absolute Gasteiger partial charge is 0.493 e. The van der Waals surface area contributed by atoms with Crippen LogP contribution in [-0.4, -0.2) is 19.2 Å². The molecule has 0 fully saturated rings. The average Bonchev–Trinajstić information content (AvgIpc) is 3.19. The summed E-state index contributed by atoms with van der Waals surface area (Å²) in [4.78, 5) is 4.78. The second-order valence-corrected chi connectivity index (χ2v) is 8.03. The monoisotopic (exact) mass is 462 g/mol. The first-order valence-corrected chi connectivity index (χ1v) is 10.9. The quantitative estimate of drug-likeness (QED) is 0.304. The molecular formula is C27H27ClN2O3. The second kappa shape index (κ2) is 9.20. The molecule has 2 heterocycles. The molecular weight excluding hydrogens is 436 g/mol. The number of furan rings is 1. The summed E-state index contributed by atoms with van der Waals surface area (Å²) in [5.74, 6) is 1.94. The molecule has 0 saturated carbocycles. The number of pyridine rings is 1. The van der Waals surface area contributed by atoms with Crippen LogP contribution in [0.2, 0.25) is 0 Å². The molecule has 0 saturated heterocycles. The summed E-state index contributed by atoms with van der Waals surface area (Å²) >= 11 is 0. The number of hydrogen-bond donors (Lipinski definition) is 1. The van der Waals surface area contributed by atoms with Crippen LogP contribution < -0.4 is 15.2 Å². The van der Waals surface area contributed by atoms with E-state index in [1.165, 1.54) is 0 Å². The van der Waals surface area contributed by atoms with Gasteiger partial charge >= 0.3 is 0 Å². The van der Waals surface area contributed by atoms with Crippen molar-refractivity contribution in [3.8, 4) is 11.5 Å². The molecule has 2 N–H and O–H groups in total. The van der Waals surface area contributed by atoms with Gasteiger partial charge in [0.15, 0.2) is 11.5 Å². The van der Waals surface area contributed by atoms with E-state index in [1.54, 1.807) is 14.2 Å². The molecule has 0 atom stereocenters. The van der Waals surface area contributed by atoms with Crippen LogP contribution in [-0.2, 0) is 12.8 Å². The molecule has 6 heteroatoms. The molecule has 2 aromatic heterocycles. The third kappa shape index (κ3) is 3.93. The van der Waals surface area contributed by atoms with E-state index in [0.29, 0.717) is 23.7 Å². The fraction of sp³-hybridized carbons (Fsp3) is 0.222. The summed E-state index contributed by atoms with van der Waals surface area (Å²) in [6.07, 6.45) is 2.50. The van der Waals surface area contributed by atoms with Gasteiger partial charge in [0, 0.05) is 28.1 Å². The van der Waals surface area contributed by atoms with Crippen LogP contribution in [0, 0.1) is 0 Å². The lowest BCUT2D eigenvalue weighted by Crippen LogP contribution is -2.05. The van der Waals surface area contributed by atoms with Crippen molar-refractivity contribution in [2.75, 3.05) is 20.0 Å². The van der Waals surface area contributed by atoms with E-state index in [1.807, 2.05) is 36.4 Å². The van der Waals surface area contributed by atoms with Crippen LogP contribution in [0.4, 0.5) is 5.82 Å². The number of rotatable bonds is 6. The van der Waals surface area contributed by atoms with Gasteiger partial charge in [-0.3, -0.25) is 0 Å². The minimum atomic E-state index is 0. The number of nitrogen functional groups attached to an aromatic ring is 1. The lowest BCUT2D eigenvalue weighted by molar-refractivity contribution is 0.356. The van der Waals surface area contributed by atoms with Crippen LogP contribution in [0.15, 0.2) is 59.0 Å². The van der Waals surface area contributed by atoms with E-state index >= 15 is 0 Å². The maximum atomic E-state index is 6.51. The van der Waals surface area contributed by atoms with E-state index in [4.69, 9.17) is 24.6 Å². The summed E-state index contributed by atoms with van der Waals surface area (Å²) in [5, 5.41) is 4.33. The van der Waals surface area contributed by atoms with Crippen molar-refractivity contribution in [3.63, 3.8) is 0 Å². The normalized spacial score (nSPS) is 11.1. The Morgan fingerprint density at radius 1 is 0.848 bits per heavy atom. The van der Waals surface area contributed by atoms with Gasteiger partial charge in [-0.2, -0.15) is 0 Å². The van der Waals surface area contributed by atoms with Crippen LogP contribution in [0.3, 0.4) is 0 Å². The van der Waals surface area contributed by atoms with Crippen molar-refractivity contribution in [2.24, 2.45) is 0 Å². The molecule has 0 radical (unpaired) electrons. The van der Waals surface area contributed by atoms with E-state index in [2.05, 4.69) is 25.1 Å². The molecule has 5 rings (SSSR count). The predicted octanol–water partition coefficient (Wildman–Crippen LogP) is 6.70. The number of methoxy groups -OCH3 is 2. The van der Waals surface area contributed by atoms with E-state index in [-0.39, 0.29) is 12.4 Å². The molecule has 5 nitrogen and oxygen atoms in total. The summed E-state index contributed by atoms with van der Waals surface area (Å²) in [6.45, 7) is 2.14. The number of aryl methyl sites for hydroxylation is 1. The third-order valence-corrected chi connectivity index (χ3v) is 6.03. The van der Waals surface area contributed by atoms with Gasteiger partial charge in [0.05, 0.1) is 19.9 Å². The highest BCUT2D eigenvalue weighted by molar-refractivity contribution is 6.05. The first-order chi connectivity index (χ1) is 15.6. The molecule has 170 valence electrons. The fourth-order valence-corrected chi connectivity index (χ4v) is 4.48. The zero-order valence-corrected chi connectivity index (χ0v) is 19.8. The Morgan fingerprint density at radius 3 is 2.27 bits per heavy atom. The highest BCUT2D eigenvalue weighted by Gasteiger charge is 2.17. The SMILES string of the molecule is CCCc1nc(N)c(Cc2ccc3oc4ccccc4c3c2)c2cc(OC)c(OC)cc12.Cl. The third-order valence-electron chi connectivity index (χ3n) is 6.03.